The van der Waals surface area contributed by atoms with Crippen LogP contribution in [0.1, 0.15) is 10.4 Å². The van der Waals surface area contributed by atoms with E-state index >= 15 is 0 Å². The highest BCUT2D eigenvalue weighted by Gasteiger charge is 2.34. The number of hydrogen-bond acceptors (Lipinski definition) is 5. The van der Waals surface area contributed by atoms with E-state index in [0.717, 1.165) is 0 Å². The van der Waals surface area contributed by atoms with E-state index in [-0.39, 0.29) is 36.4 Å². The van der Waals surface area contributed by atoms with E-state index in [0.29, 0.717) is 0 Å². The summed E-state index contributed by atoms with van der Waals surface area (Å²) < 4.78 is 0. The normalized spacial score (nSPS) is 15.4. The number of phenols is 1. The fraction of sp³-hybridized carbons (Fsp3) is 0.357. The van der Waals surface area contributed by atoms with Crippen molar-refractivity contribution in [1.82, 2.24) is 15.5 Å². The third-order valence-corrected chi connectivity index (χ3v) is 3.45. The number of aromatic hydroxyl groups is 1. The third-order valence-electron chi connectivity index (χ3n) is 3.45. The summed E-state index contributed by atoms with van der Waals surface area (Å²) in [5.74, 6) is -1.12. The van der Waals surface area contributed by atoms with Crippen LogP contribution in [-0.4, -0.2) is 69.9 Å². The largest absolute Gasteiger partial charge is 0.507 e. The van der Waals surface area contributed by atoms with Gasteiger partial charge in [0.1, 0.15) is 11.8 Å². The molecule has 0 bridgehead atoms. The lowest BCUT2D eigenvalue weighted by molar-refractivity contribution is -0.125. The molecule has 0 aromatic heterocycles. The first kappa shape index (κ1) is 16.6. The van der Waals surface area contributed by atoms with Gasteiger partial charge in [0.2, 0.25) is 5.91 Å². The number of nitrogens with one attached hydrogen (secondary N) is 2. The Balaban J connectivity index is 1.85. The number of carboxylic acid groups (broad SMARTS) is 1. The van der Waals surface area contributed by atoms with Crippen LogP contribution < -0.4 is 10.6 Å². The van der Waals surface area contributed by atoms with Crippen molar-refractivity contribution in [1.29, 1.82) is 0 Å². The van der Waals surface area contributed by atoms with Crippen molar-refractivity contribution < 1.29 is 29.7 Å². The number of carbonyl (C=O) groups is 3. The first-order valence-corrected chi connectivity index (χ1v) is 6.90. The Hall–Kier alpha value is -2.81. The topological polar surface area (TPSA) is 139 Å². The summed E-state index contributed by atoms with van der Waals surface area (Å²) in [7, 11) is 0. The Morgan fingerprint density at radius 2 is 1.91 bits per heavy atom. The first-order chi connectivity index (χ1) is 10.9. The van der Waals surface area contributed by atoms with Gasteiger partial charge in [-0.05, 0) is 12.1 Å². The van der Waals surface area contributed by atoms with Gasteiger partial charge in [-0.3, -0.25) is 9.59 Å². The molecule has 3 amide bonds. The molecule has 5 N–H and O–H groups in total. The van der Waals surface area contributed by atoms with E-state index < -0.39 is 24.6 Å². The predicted molar refractivity (Wildman–Crippen MR) is 78.0 cm³/mol. The van der Waals surface area contributed by atoms with Crippen LogP contribution in [0.2, 0.25) is 0 Å². The summed E-state index contributed by atoms with van der Waals surface area (Å²) in [6.45, 7) is -0.181. The van der Waals surface area contributed by atoms with E-state index in [2.05, 4.69) is 5.32 Å². The van der Waals surface area contributed by atoms with Crippen LogP contribution in [0.25, 0.3) is 0 Å². The molecular formula is C14H17N3O6. The minimum atomic E-state index is -1.41. The average Bonchev–Trinajstić information content (AvgIpc) is 2.47. The molecule has 0 aliphatic carbocycles. The van der Waals surface area contributed by atoms with Crippen molar-refractivity contribution in [3.63, 3.8) is 0 Å². The number of para-hydroxylation sites is 1. The Bertz CT molecular complexity index is 614. The van der Waals surface area contributed by atoms with Crippen LogP contribution in [0.5, 0.6) is 5.75 Å². The highest BCUT2D eigenvalue weighted by Crippen LogP contribution is 2.20. The number of hydrogen-bond donors (Lipinski definition) is 5. The van der Waals surface area contributed by atoms with E-state index in [1.807, 2.05) is 5.32 Å². The van der Waals surface area contributed by atoms with E-state index in [1.165, 1.54) is 17.0 Å². The summed E-state index contributed by atoms with van der Waals surface area (Å²) in [5.41, 5.74) is 0.179. The molecule has 0 saturated carbocycles. The van der Waals surface area contributed by atoms with Gasteiger partial charge in [-0.25, -0.2) is 4.79 Å². The smallest absolute Gasteiger partial charge is 0.405 e. The zero-order chi connectivity index (χ0) is 17.0. The molecule has 1 aliphatic rings. The third kappa shape index (κ3) is 3.89. The van der Waals surface area contributed by atoms with Crippen LogP contribution >= 0.6 is 0 Å². The van der Waals surface area contributed by atoms with E-state index in [4.69, 9.17) is 10.2 Å². The van der Waals surface area contributed by atoms with Crippen LogP contribution in [0.4, 0.5) is 4.79 Å². The van der Waals surface area contributed by atoms with Crippen LogP contribution in [-0.2, 0) is 4.79 Å². The molecule has 1 fully saturated rings. The molecule has 124 valence electrons. The molecule has 0 spiro atoms. The lowest BCUT2D eigenvalue weighted by Crippen LogP contribution is -2.63. The van der Waals surface area contributed by atoms with Gasteiger partial charge in [0, 0.05) is 13.1 Å². The first-order valence-electron chi connectivity index (χ1n) is 6.90. The number of benzene rings is 1. The maximum Gasteiger partial charge on any atom is 0.405 e. The molecule has 1 aliphatic heterocycles. The van der Waals surface area contributed by atoms with Gasteiger partial charge in [-0.1, -0.05) is 12.1 Å². The molecule has 1 unspecified atom stereocenters. The van der Waals surface area contributed by atoms with Gasteiger partial charge >= 0.3 is 6.09 Å². The minimum absolute atomic E-state index is 0.115. The summed E-state index contributed by atoms with van der Waals surface area (Å²) >= 11 is 0. The maximum absolute atomic E-state index is 12.1. The molecule has 0 radical (unpaired) electrons. The summed E-state index contributed by atoms with van der Waals surface area (Å²) in [6.07, 6.45) is -1.41. The van der Waals surface area contributed by atoms with Crippen LogP contribution in [0, 0.1) is 0 Å². The number of carbonyl (C=O) groups excluding carboxylic acids is 2. The zero-order valence-corrected chi connectivity index (χ0v) is 12.1. The average molecular weight is 323 g/mol. The Morgan fingerprint density at radius 3 is 2.48 bits per heavy atom. The van der Waals surface area contributed by atoms with Gasteiger partial charge in [0.15, 0.2) is 0 Å². The number of phenolic OH excluding ortho intramolecular Hbond substituents is 1. The van der Waals surface area contributed by atoms with Crippen molar-refractivity contribution in [2.24, 2.45) is 0 Å². The fourth-order valence-electron chi connectivity index (χ4n) is 2.21. The van der Waals surface area contributed by atoms with Gasteiger partial charge in [0.05, 0.1) is 18.2 Å². The lowest BCUT2D eigenvalue weighted by Gasteiger charge is -2.40. The summed E-state index contributed by atoms with van der Waals surface area (Å²) in [4.78, 5) is 35.8. The minimum Gasteiger partial charge on any atom is -0.507 e. The number of amides is 3. The molecule has 9 nitrogen and oxygen atoms in total. The second-order valence-electron chi connectivity index (χ2n) is 5.12. The second kappa shape index (κ2) is 6.97. The highest BCUT2D eigenvalue weighted by atomic mass is 16.4. The molecule has 9 heteroatoms. The van der Waals surface area contributed by atoms with E-state index in [9.17, 15) is 19.5 Å². The van der Waals surface area contributed by atoms with Crippen LogP contribution in [0.3, 0.4) is 0 Å². The van der Waals surface area contributed by atoms with Crippen molar-refractivity contribution in [2.75, 3.05) is 19.7 Å². The number of nitrogens with zero attached hydrogens (tertiary/aromatic N) is 1. The van der Waals surface area contributed by atoms with Crippen molar-refractivity contribution >= 4 is 17.9 Å². The summed E-state index contributed by atoms with van der Waals surface area (Å²) in [5, 5.41) is 31.6. The van der Waals surface area contributed by atoms with E-state index in [1.54, 1.807) is 12.1 Å². The SMILES string of the molecule is O=C(O)NC(CO)C(=O)NC1CN(C(=O)c2ccccc2O)C1. The fourth-order valence-corrected chi connectivity index (χ4v) is 2.21. The van der Waals surface area contributed by atoms with Gasteiger partial charge in [-0.15, -0.1) is 0 Å². The molecule has 1 saturated heterocycles. The summed E-state index contributed by atoms with van der Waals surface area (Å²) in [6, 6.07) is 4.57. The number of rotatable bonds is 5. The van der Waals surface area contributed by atoms with Gasteiger partial charge in [0.25, 0.3) is 5.91 Å². The molecule has 1 aromatic rings. The number of aliphatic hydroxyl groups excluding tert-OH is 1. The molecule has 23 heavy (non-hydrogen) atoms. The molecule has 1 atom stereocenters. The van der Waals surface area contributed by atoms with Crippen molar-refractivity contribution in [3.05, 3.63) is 29.8 Å². The molecular weight excluding hydrogens is 306 g/mol. The molecule has 1 heterocycles. The standard InChI is InChI=1S/C14H17N3O6/c18-7-10(16-14(22)23)12(20)15-8-5-17(6-8)13(21)9-3-1-2-4-11(9)19/h1-4,8,10,16,18-19H,5-7H2,(H,15,20)(H,22,23). The molecule has 1 aromatic carbocycles. The Morgan fingerprint density at radius 1 is 1.26 bits per heavy atom. The van der Waals surface area contributed by atoms with Crippen molar-refractivity contribution in [2.45, 2.75) is 12.1 Å². The lowest BCUT2D eigenvalue weighted by atomic mass is 10.1. The van der Waals surface area contributed by atoms with Gasteiger partial charge in [-0.2, -0.15) is 0 Å². The van der Waals surface area contributed by atoms with Gasteiger partial charge < -0.3 is 30.9 Å². The quantitative estimate of drug-likeness (QED) is 0.469. The molecule has 2 rings (SSSR count). The monoisotopic (exact) mass is 323 g/mol. The highest BCUT2D eigenvalue weighted by molar-refractivity contribution is 5.97. The predicted octanol–water partition coefficient (Wildman–Crippen LogP) is -1.04. The number of aliphatic hydroxyl groups is 1. The van der Waals surface area contributed by atoms with Crippen LogP contribution in [0.15, 0.2) is 24.3 Å². The zero-order valence-electron chi connectivity index (χ0n) is 12.1. The van der Waals surface area contributed by atoms with Crippen molar-refractivity contribution in [3.8, 4) is 5.75 Å². The Labute approximate surface area is 131 Å². The second-order valence-corrected chi connectivity index (χ2v) is 5.12. The number of likely N-dealkylation sites (tertiary alicyclic amines) is 1. The Kier molecular flexibility index (Phi) is 5.02. The maximum atomic E-state index is 12.1.